The highest BCUT2D eigenvalue weighted by molar-refractivity contribution is 6.37. The van der Waals surface area contributed by atoms with Gasteiger partial charge in [-0.1, -0.05) is 36.5 Å². The van der Waals surface area contributed by atoms with Crippen LogP contribution < -0.4 is 5.32 Å². The maximum Gasteiger partial charge on any atom is 0.234 e. The molecule has 1 N–H and O–H groups in total. The van der Waals surface area contributed by atoms with Gasteiger partial charge in [0.1, 0.15) is 0 Å². The second-order valence-corrected chi connectivity index (χ2v) is 5.19. The summed E-state index contributed by atoms with van der Waals surface area (Å²) in [6.45, 7) is 3.99. The lowest BCUT2D eigenvalue weighted by Crippen LogP contribution is -2.30. The molecule has 4 heteroatoms. The van der Waals surface area contributed by atoms with E-state index in [2.05, 4.69) is 12.2 Å². The first-order chi connectivity index (χ1) is 7.49. The third-order valence-electron chi connectivity index (χ3n) is 3.14. The molecular weight excluding hydrogens is 245 g/mol. The van der Waals surface area contributed by atoms with Crippen LogP contribution in [0.25, 0.3) is 0 Å². The predicted octanol–water partition coefficient (Wildman–Crippen LogP) is 4.00. The zero-order chi connectivity index (χ0) is 11.9. The first-order valence-electron chi connectivity index (χ1n) is 5.30. The van der Waals surface area contributed by atoms with Gasteiger partial charge in [0.2, 0.25) is 5.91 Å². The van der Waals surface area contributed by atoms with E-state index in [0.29, 0.717) is 15.7 Å². The summed E-state index contributed by atoms with van der Waals surface area (Å²) in [6, 6.07) is 3.48. The van der Waals surface area contributed by atoms with Gasteiger partial charge in [-0.05, 0) is 31.0 Å². The van der Waals surface area contributed by atoms with Crippen molar-refractivity contribution in [2.24, 2.45) is 0 Å². The number of carbonyl (C=O) groups excluding carboxylic acids is 1. The Balaban J connectivity index is 2.60. The van der Waals surface area contributed by atoms with Gasteiger partial charge in [0, 0.05) is 5.02 Å². The molecule has 86 valence electrons. The van der Waals surface area contributed by atoms with E-state index in [1.165, 1.54) is 0 Å². The fourth-order valence-electron chi connectivity index (χ4n) is 2.26. The number of carbonyl (C=O) groups is 1. The van der Waals surface area contributed by atoms with Gasteiger partial charge in [0.15, 0.2) is 0 Å². The maximum atomic E-state index is 12.0. The molecule has 0 fully saturated rings. The summed E-state index contributed by atoms with van der Waals surface area (Å²) in [5, 5.41) is 3.92. The van der Waals surface area contributed by atoms with Crippen LogP contribution in [0.15, 0.2) is 12.1 Å². The van der Waals surface area contributed by atoms with E-state index in [1.807, 2.05) is 13.0 Å². The Morgan fingerprint density at radius 1 is 1.38 bits per heavy atom. The topological polar surface area (TPSA) is 29.1 Å². The van der Waals surface area contributed by atoms with Gasteiger partial charge in [0.25, 0.3) is 0 Å². The molecule has 0 aliphatic carbocycles. The van der Waals surface area contributed by atoms with Gasteiger partial charge in [-0.3, -0.25) is 4.79 Å². The summed E-state index contributed by atoms with van der Waals surface area (Å²) < 4.78 is 0. The van der Waals surface area contributed by atoms with Crippen molar-refractivity contribution in [2.75, 3.05) is 5.32 Å². The van der Waals surface area contributed by atoms with Gasteiger partial charge in [-0.2, -0.15) is 0 Å². The Hall–Kier alpha value is -0.730. The number of amides is 1. The molecule has 1 aliphatic rings. The van der Waals surface area contributed by atoms with Crippen molar-refractivity contribution in [3.63, 3.8) is 0 Å². The van der Waals surface area contributed by atoms with Crippen molar-refractivity contribution < 1.29 is 4.79 Å². The third kappa shape index (κ3) is 1.61. The number of halogens is 2. The monoisotopic (exact) mass is 257 g/mol. The molecular formula is C12H13Cl2NO. The molecule has 1 heterocycles. The molecule has 0 saturated heterocycles. The van der Waals surface area contributed by atoms with E-state index >= 15 is 0 Å². The molecule has 1 atom stereocenters. The molecule has 1 aromatic carbocycles. The zero-order valence-corrected chi connectivity index (χ0v) is 10.7. The quantitative estimate of drug-likeness (QED) is 0.853. The Kier molecular flexibility index (Phi) is 2.89. The van der Waals surface area contributed by atoms with Crippen molar-refractivity contribution in [2.45, 2.75) is 32.1 Å². The molecule has 1 aromatic rings. The summed E-state index contributed by atoms with van der Waals surface area (Å²) in [5.74, 6) is 0.00789. The SMILES string of the molecule is CCCC1(C)C(=O)Nc2c(Cl)cc(Cl)cc21. The first-order valence-corrected chi connectivity index (χ1v) is 6.05. The first kappa shape index (κ1) is 11.7. The van der Waals surface area contributed by atoms with E-state index in [-0.39, 0.29) is 5.91 Å². The molecule has 0 radical (unpaired) electrons. The van der Waals surface area contributed by atoms with Gasteiger partial charge >= 0.3 is 0 Å². The summed E-state index contributed by atoms with van der Waals surface area (Å²) in [6.07, 6.45) is 1.73. The number of hydrogen-bond acceptors (Lipinski definition) is 1. The highest BCUT2D eigenvalue weighted by Gasteiger charge is 2.42. The minimum absolute atomic E-state index is 0.00789. The van der Waals surface area contributed by atoms with Gasteiger partial charge in [0.05, 0.1) is 16.1 Å². The average molecular weight is 258 g/mol. The van der Waals surface area contributed by atoms with Crippen LogP contribution in [0.5, 0.6) is 0 Å². The lowest BCUT2D eigenvalue weighted by molar-refractivity contribution is -0.120. The number of nitrogens with one attached hydrogen (secondary N) is 1. The molecule has 0 bridgehead atoms. The van der Waals surface area contributed by atoms with Crippen LogP contribution in [0.4, 0.5) is 5.69 Å². The highest BCUT2D eigenvalue weighted by atomic mass is 35.5. The van der Waals surface area contributed by atoms with E-state index in [4.69, 9.17) is 23.2 Å². The number of rotatable bonds is 2. The fourth-order valence-corrected chi connectivity index (χ4v) is 2.80. The molecule has 0 spiro atoms. The number of anilines is 1. The van der Waals surface area contributed by atoms with Gasteiger partial charge in [-0.15, -0.1) is 0 Å². The van der Waals surface area contributed by atoms with Crippen molar-refractivity contribution in [3.8, 4) is 0 Å². The van der Waals surface area contributed by atoms with E-state index in [9.17, 15) is 4.79 Å². The van der Waals surface area contributed by atoms with Crippen LogP contribution in [-0.2, 0) is 10.2 Å². The molecule has 1 unspecified atom stereocenters. The Morgan fingerprint density at radius 2 is 2.06 bits per heavy atom. The second-order valence-electron chi connectivity index (χ2n) is 4.35. The largest absolute Gasteiger partial charge is 0.324 e. The molecule has 16 heavy (non-hydrogen) atoms. The van der Waals surface area contributed by atoms with Crippen molar-refractivity contribution in [3.05, 3.63) is 27.7 Å². The standard InChI is InChI=1S/C12H13Cl2NO/c1-3-4-12(2)8-5-7(13)6-9(14)10(8)15-11(12)16/h5-6H,3-4H2,1-2H3,(H,15,16). The fraction of sp³-hybridized carbons (Fsp3) is 0.417. The Bertz CT molecular complexity index is 459. The number of fused-ring (bicyclic) bond motifs is 1. The molecule has 2 rings (SSSR count). The zero-order valence-electron chi connectivity index (χ0n) is 9.23. The molecule has 1 amide bonds. The van der Waals surface area contributed by atoms with Crippen LogP contribution in [-0.4, -0.2) is 5.91 Å². The van der Waals surface area contributed by atoms with E-state index in [0.717, 1.165) is 18.4 Å². The molecule has 0 saturated carbocycles. The normalized spacial score (nSPS) is 23.1. The third-order valence-corrected chi connectivity index (χ3v) is 3.66. The smallest absolute Gasteiger partial charge is 0.234 e. The summed E-state index contributed by atoms with van der Waals surface area (Å²) >= 11 is 12.0. The summed E-state index contributed by atoms with van der Waals surface area (Å²) in [7, 11) is 0. The minimum Gasteiger partial charge on any atom is -0.324 e. The van der Waals surface area contributed by atoms with Gasteiger partial charge < -0.3 is 5.32 Å². The molecule has 1 aliphatic heterocycles. The van der Waals surface area contributed by atoms with Crippen LogP contribution in [0, 0.1) is 0 Å². The van der Waals surface area contributed by atoms with Crippen LogP contribution in [0.3, 0.4) is 0 Å². The van der Waals surface area contributed by atoms with Crippen molar-refractivity contribution >= 4 is 34.8 Å². The summed E-state index contributed by atoms with van der Waals surface area (Å²) in [5.41, 5.74) is 1.13. The number of hydrogen-bond donors (Lipinski definition) is 1. The number of benzene rings is 1. The lowest BCUT2D eigenvalue weighted by Gasteiger charge is -2.21. The van der Waals surface area contributed by atoms with Crippen LogP contribution in [0.1, 0.15) is 32.3 Å². The van der Waals surface area contributed by atoms with Crippen molar-refractivity contribution in [1.29, 1.82) is 0 Å². The van der Waals surface area contributed by atoms with E-state index < -0.39 is 5.41 Å². The van der Waals surface area contributed by atoms with E-state index in [1.54, 1.807) is 6.07 Å². The Labute approximate surface area is 105 Å². The average Bonchev–Trinajstić information content (AvgIpc) is 2.43. The summed E-state index contributed by atoms with van der Waals surface area (Å²) in [4.78, 5) is 12.0. The molecule has 2 nitrogen and oxygen atoms in total. The molecule has 0 aromatic heterocycles. The van der Waals surface area contributed by atoms with Crippen LogP contribution >= 0.6 is 23.2 Å². The Morgan fingerprint density at radius 3 is 2.69 bits per heavy atom. The van der Waals surface area contributed by atoms with Crippen LogP contribution in [0.2, 0.25) is 10.0 Å². The van der Waals surface area contributed by atoms with Crippen molar-refractivity contribution in [1.82, 2.24) is 0 Å². The van der Waals surface area contributed by atoms with Gasteiger partial charge in [-0.25, -0.2) is 0 Å². The lowest BCUT2D eigenvalue weighted by atomic mass is 9.80. The maximum absolute atomic E-state index is 12.0. The predicted molar refractivity (Wildman–Crippen MR) is 67.4 cm³/mol. The minimum atomic E-state index is -0.501. The second kappa shape index (κ2) is 3.94. The highest BCUT2D eigenvalue weighted by Crippen LogP contribution is 2.45.